The highest BCUT2D eigenvalue weighted by atomic mass is 79.9. The molecule has 0 unspecified atom stereocenters. The minimum Gasteiger partial charge on any atom is -0.306 e. The van der Waals surface area contributed by atoms with Gasteiger partial charge in [-0.25, -0.2) is 0 Å². The number of benzene rings is 10. The summed E-state index contributed by atoms with van der Waals surface area (Å²) in [6.45, 7) is 10.1. The Balaban J connectivity index is 0.503. The molecule has 6 aliphatic rings. The van der Waals surface area contributed by atoms with Crippen LogP contribution in [0.25, 0.3) is 97.6 Å². The molecule has 140 heavy (non-hydrogen) atoms. The van der Waals surface area contributed by atoms with E-state index in [4.69, 9.17) is 0 Å². The van der Waals surface area contributed by atoms with Crippen molar-refractivity contribution in [3.8, 4) is 0 Å². The number of fused-ring (bicyclic) bond motifs is 5. The number of hydrogen-bond acceptors (Lipinski definition) is 12. The lowest BCUT2D eigenvalue weighted by Crippen LogP contribution is -2.47. The van der Waals surface area contributed by atoms with Gasteiger partial charge in [0.2, 0.25) is 0 Å². The highest BCUT2D eigenvalue weighted by Gasteiger charge is 2.50. The number of unbranched alkanes of at least 4 members (excludes halogenated alkanes) is 38. The van der Waals surface area contributed by atoms with Crippen LogP contribution in [-0.2, 0) is 9.59 Å². The molecule has 10 amide bonds. The zero-order valence-electron chi connectivity index (χ0n) is 82.8. The van der Waals surface area contributed by atoms with Gasteiger partial charge in [-0.2, -0.15) is 0 Å². The van der Waals surface area contributed by atoms with E-state index >= 15 is 28.8 Å². The number of nitrogens with zero attached hydrogens (tertiary/aromatic N) is 6. The van der Waals surface area contributed by atoms with E-state index < -0.39 is 0 Å². The lowest BCUT2D eigenvalue weighted by molar-refractivity contribution is -0.124. The molecule has 0 fully saturated rings. The van der Waals surface area contributed by atoms with Crippen LogP contribution in [0.3, 0.4) is 0 Å². The SMILES string of the molecule is CCCCCCCCCCCC(CCCCCCCCCCC)N1C(=O)c2ccc3c4ccc5c6c(ccc(c7ccc(c2c37)C1=O)c64)C(=O)N(CCCCCCN1C(=O)C2=C(c3ccc(Br)s3)N(CCCCCCN3C(=O)c4ccc6c7ccc8c9c(ccc(c%10ccc(c4c6%10)C3=O)c97)C(=O)N(C(CCCCCCCCCCC)CCCCCCCCCCC)C8=O)C(=O)C2=C1c1ccc(Br)s1)C5=O. The summed E-state index contributed by atoms with van der Waals surface area (Å²) in [5, 5.41) is 12.8. The molecular formula is C120H138Br2N6O10S2. The van der Waals surface area contributed by atoms with Crippen LogP contribution in [0.1, 0.15) is 429 Å². The van der Waals surface area contributed by atoms with Crippen LogP contribution in [-0.4, -0.2) is 127 Å². The quantitative estimate of drug-likeness (QED) is 0.0153. The van der Waals surface area contributed by atoms with Crippen molar-refractivity contribution in [3.05, 3.63) is 194 Å². The summed E-state index contributed by atoms with van der Waals surface area (Å²) in [6.07, 6.45) is 51.5. The molecule has 12 aromatic rings. The van der Waals surface area contributed by atoms with Crippen molar-refractivity contribution < 1.29 is 47.9 Å². The molecule has 8 heterocycles. The molecule has 0 bridgehead atoms. The summed E-state index contributed by atoms with van der Waals surface area (Å²) in [6, 6.07) is 38.3. The Bertz CT molecular complexity index is 6090. The van der Waals surface area contributed by atoms with E-state index in [9.17, 15) is 19.2 Å². The topological polar surface area (TPSA) is 190 Å². The lowest BCUT2D eigenvalue weighted by Gasteiger charge is -2.35. The van der Waals surface area contributed by atoms with Gasteiger partial charge in [0.1, 0.15) is 0 Å². The van der Waals surface area contributed by atoms with Crippen molar-refractivity contribution in [2.45, 2.75) is 348 Å². The largest absolute Gasteiger partial charge is 0.306 e. The number of hydrogen-bond donors (Lipinski definition) is 0. The Kier molecular flexibility index (Phi) is 33.1. The number of imide groups is 4. The second-order valence-electron chi connectivity index (χ2n) is 40.9. The van der Waals surface area contributed by atoms with E-state index in [1.165, 1.54) is 212 Å². The van der Waals surface area contributed by atoms with Crippen molar-refractivity contribution in [2.75, 3.05) is 26.2 Å². The number of amides is 10. The average molecular weight is 2050 g/mol. The van der Waals surface area contributed by atoms with Gasteiger partial charge in [0, 0.05) is 104 Å². The van der Waals surface area contributed by atoms with E-state index in [0.29, 0.717) is 153 Å². The molecule has 0 saturated carbocycles. The van der Waals surface area contributed by atoms with Gasteiger partial charge < -0.3 is 9.80 Å². The van der Waals surface area contributed by atoms with E-state index in [1.807, 2.05) is 121 Å². The highest BCUT2D eigenvalue weighted by molar-refractivity contribution is 9.11. The van der Waals surface area contributed by atoms with Crippen molar-refractivity contribution in [1.82, 2.24) is 29.4 Å². The maximum absolute atomic E-state index is 15.4. The smallest absolute Gasteiger partial charge is 0.261 e. The molecular weight excluding hydrogens is 1910 g/mol. The number of halogens is 2. The first-order valence-corrected chi connectivity index (χ1v) is 57.2. The van der Waals surface area contributed by atoms with E-state index in [0.717, 1.165) is 159 Å². The zero-order chi connectivity index (χ0) is 97.2. The zero-order valence-corrected chi connectivity index (χ0v) is 87.6. The highest BCUT2D eigenvalue weighted by Crippen LogP contribution is 2.53. The Morgan fingerprint density at radius 3 is 0.607 bits per heavy atom. The molecule has 2 aromatic heterocycles. The van der Waals surface area contributed by atoms with Gasteiger partial charge in [0.05, 0.1) is 39.9 Å². The average Bonchev–Trinajstić information content (AvgIpc) is 1.61. The van der Waals surface area contributed by atoms with Crippen LogP contribution in [0.2, 0.25) is 0 Å². The Labute approximate surface area is 850 Å². The Morgan fingerprint density at radius 2 is 0.400 bits per heavy atom. The molecule has 0 atom stereocenters. The van der Waals surface area contributed by atoms with Gasteiger partial charge >= 0.3 is 0 Å². The fraction of sp³-hybridized carbons (Fsp3) is 0.483. The fourth-order valence-corrected chi connectivity index (χ4v) is 27.2. The predicted molar refractivity (Wildman–Crippen MR) is 580 cm³/mol. The molecule has 734 valence electrons. The lowest BCUT2D eigenvalue weighted by atomic mass is 9.82. The molecule has 0 radical (unpaired) electrons. The molecule has 0 saturated heterocycles. The third-order valence-corrected chi connectivity index (χ3v) is 34.9. The number of thiophene rings is 2. The number of carbonyl (C=O) groups excluding carboxylic acids is 10. The van der Waals surface area contributed by atoms with E-state index in [2.05, 4.69) is 59.6 Å². The maximum atomic E-state index is 15.4. The summed E-state index contributed by atoms with van der Waals surface area (Å²) in [7, 11) is 0. The summed E-state index contributed by atoms with van der Waals surface area (Å²) < 4.78 is 1.71. The third-order valence-electron chi connectivity index (χ3n) is 31.6. The van der Waals surface area contributed by atoms with Crippen LogP contribution in [0.4, 0.5) is 0 Å². The summed E-state index contributed by atoms with van der Waals surface area (Å²) in [4.78, 5) is 162. The molecule has 20 heteroatoms. The van der Waals surface area contributed by atoms with Gasteiger partial charge in [-0.05, 0) is 221 Å². The van der Waals surface area contributed by atoms with Gasteiger partial charge in [-0.1, -0.05) is 333 Å². The fourth-order valence-electron chi connectivity index (χ4n) is 24.3. The van der Waals surface area contributed by atoms with Crippen molar-refractivity contribution in [1.29, 1.82) is 0 Å². The molecule has 0 N–H and O–H groups in total. The van der Waals surface area contributed by atoms with Crippen LogP contribution in [0, 0.1) is 0 Å². The summed E-state index contributed by atoms with van der Waals surface area (Å²) in [5.74, 6) is -2.78. The number of rotatable bonds is 58. The van der Waals surface area contributed by atoms with Gasteiger partial charge in [0.15, 0.2) is 0 Å². The standard InChI is InChI=1S/C120H138Br2N6O10S2/c1-5-9-13-17-21-25-29-33-41-49-77(50-42-34-30-26-22-18-14-10-6-2)127-115(133)91-65-57-83-79-53-61-87-103-88(62-54-80(99(79)103)84-58-66-92(116(127)134)105(91)101(83)84)112(130)125(111(87)129)75-47-39-37-45-73-123-109(95-69-71-97(121)139-95)107-108(119(123)137)110(96-70-72-98(122)140-96)124(120(107)138)74-46-38-40-48-76-126-113(131)89-63-55-81-85-59-67-93-106-94(68-60-86(102(85)106)82-56-64-90(114(126)132)104(89)100(81)82)118(136)128(117(93)135)78(51-43-35-31-27-23-19-15-11-7-3)52-44-36-32-28-24-20-16-12-8-4/h53-72,77-78H,5-52,73-76H2,1-4H3. The third kappa shape index (κ3) is 20.0. The Morgan fingerprint density at radius 1 is 0.207 bits per heavy atom. The van der Waals surface area contributed by atoms with Crippen molar-refractivity contribution in [2.24, 2.45) is 0 Å². The van der Waals surface area contributed by atoms with E-state index in [-0.39, 0.29) is 84.2 Å². The van der Waals surface area contributed by atoms with Crippen LogP contribution < -0.4 is 0 Å². The molecule has 6 aliphatic heterocycles. The first kappa shape index (κ1) is 100. The first-order chi connectivity index (χ1) is 68.5. The molecule has 10 aromatic carbocycles. The first-order valence-electron chi connectivity index (χ1n) is 54.0. The van der Waals surface area contributed by atoms with Crippen molar-refractivity contribution >= 4 is 211 Å². The van der Waals surface area contributed by atoms with Gasteiger partial charge in [-0.15, -0.1) is 22.7 Å². The van der Waals surface area contributed by atoms with Crippen LogP contribution in [0.15, 0.2) is 140 Å². The second kappa shape index (κ2) is 46.2. The number of carbonyl (C=O) groups is 10. The normalized spacial score (nSPS) is 15.1. The second-order valence-corrected chi connectivity index (χ2v) is 45.9. The monoisotopic (exact) mass is 2040 g/mol. The minimum absolute atomic E-state index is 0.182. The molecule has 16 nitrogen and oxygen atoms in total. The molecule has 18 rings (SSSR count). The summed E-state index contributed by atoms with van der Waals surface area (Å²) >= 11 is 10.3. The van der Waals surface area contributed by atoms with Gasteiger partial charge in [-0.3, -0.25) is 67.5 Å². The minimum atomic E-state index is -0.353. The summed E-state index contributed by atoms with van der Waals surface area (Å²) in [5.41, 5.74) is 5.94. The van der Waals surface area contributed by atoms with Crippen LogP contribution >= 0.6 is 54.5 Å². The van der Waals surface area contributed by atoms with Gasteiger partial charge in [0.25, 0.3) is 59.1 Å². The maximum Gasteiger partial charge on any atom is 0.261 e. The molecule has 0 aliphatic carbocycles. The predicted octanol–water partition coefficient (Wildman–Crippen LogP) is 32.6. The van der Waals surface area contributed by atoms with E-state index in [1.54, 1.807) is 19.6 Å². The van der Waals surface area contributed by atoms with Crippen LogP contribution in [0.5, 0.6) is 0 Å². The Hall–Kier alpha value is -9.86. The van der Waals surface area contributed by atoms with Crippen molar-refractivity contribution in [3.63, 3.8) is 0 Å². The molecule has 0 spiro atoms.